The Morgan fingerprint density at radius 3 is 2.41 bits per heavy atom. The molecule has 0 spiro atoms. The second kappa shape index (κ2) is 8.22. The third kappa shape index (κ3) is 4.91. The molecule has 0 aliphatic rings. The average molecular weight is 297 g/mol. The van der Waals surface area contributed by atoms with Crippen molar-refractivity contribution in [2.75, 3.05) is 19.0 Å². The standard InChI is InChI=1S/C18H23N3O/c1-22-18-9-7-16(8-10-18)21-17(12-15(20)13-19)11-14-5-3-2-4-6-14/h2-10,12,15,21H,11,13,19-20H2,1H3/b17-12-. The van der Waals surface area contributed by atoms with Gasteiger partial charge in [-0.05, 0) is 35.9 Å². The first-order valence-corrected chi connectivity index (χ1v) is 7.32. The lowest BCUT2D eigenvalue weighted by atomic mass is 10.1. The van der Waals surface area contributed by atoms with Gasteiger partial charge in [-0.1, -0.05) is 30.3 Å². The van der Waals surface area contributed by atoms with Crippen LogP contribution in [0.15, 0.2) is 66.4 Å². The lowest BCUT2D eigenvalue weighted by molar-refractivity contribution is 0.415. The van der Waals surface area contributed by atoms with Gasteiger partial charge in [0.25, 0.3) is 0 Å². The minimum absolute atomic E-state index is 0.163. The summed E-state index contributed by atoms with van der Waals surface area (Å²) >= 11 is 0. The van der Waals surface area contributed by atoms with Crippen LogP contribution in [0.25, 0.3) is 0 Å². The molecule has 5 N–H and O–H groups in total. The molecule has 0 radical (unpaired) electrons. The molecule has 116 valence electrons. The second-order valence-electron chi connectivity index (χ2n) is 5.11. The molecule has 0 aliphatic heterocycles. The van der Waals surface area contributed by atoms with Gasteiger partial charge < -0.3 is 21.5 Å². The van der Waals surface area contributed by atoms with Crippen LogP contribution in [0.4, 0.5) is 5.69 Å². The van der Waals surface area contributed by atoms with Crippen molar-refractivity contribution in [2.45, 2.75) is 12.5 Å². The highest BCUT2D eigenvalue weighted by Gasteiger charge is 2.04. The van der Waals surface area contributed by atoms with E-state index in [1.54, 1.807) is 7.11 Å². The number of allylic oxidation sites excluding steroid dienone is 1. The molecular weight excluding hydrogens is 274 g/mol. The van der Waals surface area contributed by atoms with Crippen molar-refractivity contribution in [1.29, 1.82) is 0 Å². The van der Waals surface area contributed by atoms with Crippen LogP contribution < -0.4 is 21.5 Å². The number of hydrogen-bond donors (Lipinski definition) is 3. The number of methoxy groups -OCH3 is 1. The molecule has 0 bridgehead atoms. The predicted molar refractivity (Wildman–Crippen MR) is 91.9 cm³/mol. The number of hydrogen-bond acceptors (Lipinski definition) is 4. The molecule has 22 heavy (non-hydrogen) atoms. The van der Waals surface area contributed by atoms with E-state index in [2.05, 4.69) is 17.4 Å². The maximum atomic E-state index is 5.97. The van der Waals surface area contributed by atoms with Gasteiger partial charge in [-0.15, -0.1) is 0 Å². The summed E-state index contributed by atoms with van der Waals surface area (Å²) in [6, 6.07) is 17.9. The van der Waals surface area contributed by atoms with Gasteiger partial charge in [0.2, 0.25) is 0 Å². The fraction of sp³-hybridized carbons (Fsp3) is 0.222. The van der Waals surface area contributed by atoms with E-state index in [9.17, 15) is 0 Å². The zero-order valence-electron chi connectivity index (χ0n) is 12.8. The fourth-order valence-electron chi connectivity index (χ4n) is 2.15. The number of benzene rings is 2. The van der Waals surface area contributed by atoms with Gasteiger partial charge in [0.1, 0.15) is 5.75 Å². The van der Waals surface area contributed by atoms with Gasteiger partial charge in [0.15, 0.2) is 0 Å². The smallest absolute Gasteiger partial charge is 0.119 e. The Bertz CT molecular complexity index is 593. The van der Waals surface area contributed by atoms with E-state index in [0.29, 0.717) is 6.54 Å². The van der Waals surface area contributed by atoms with Crippen LogP contribution in [0.1, 0.15) is 5.56 Å². The molecule has 0 aromatic heterocycles. The van der Waals surface area contributed by atoms with E-state index in [0.717, 1.165) is 23.6 Å². The minimum Gasteiger partial charge on any atom is -0.497 e. The number of nitrogens with one attached hydrogen (secondary N) is 1. The van der Waals surface area contributed by atoms with E-state index < -0.39 is 0 Å². The monoisotopic (exact) mass is 297 g/mol. The van der Waals surface area contributed by atoms with Gasteiger partial charge in [-0.2, -0.15) is 0 Å². The van der Waals surface area contributed by atoms with E-state index in [1.165, 1.54) is 5.56 Å². The first-order chi connectivity index (χ1) is 10.7. The Balaban J connectivity index is 2.15. The van der Waals surface area contributed by atoms with Crippen molar-refractivity contribution in [3.63, 3.8) is 0 Å². The van der Waals surface area contributed by atoms with Crippen LogP contribution in [0.5, 0.6) is 5.75 Å². The lowest BCUT2D eigenvalue weighted by Gasteiger charge is -2.14. The third-order valence-electron chi connectivity index (χ3n) is 3.32. The molecule has 0 fully saturated rings. The van der Waals surface area contributed by atoms with Crippen molar-refractivity contribution < 1.29 is 4.74 Å². The summed E-state index contributed by atoms with van der Waals surface area (Å²) in [6.45, 7) is 0.419. The highest BCUT2D eigenvalue weighted by atomic mass is 16.5. The number of anilines is 1. The van der Waals surface area contributed by atoms with E-state index in [1.807, 2.05) is 48.5 Å². The highest BCUT2D eigenvalue weighted by molar-refractivity contribution is 5.51. The number of rotatable bonds is 7. The van der Waals surface area contributed by atoms with Crippen molar-refractivity contribution in [3.8, 4) is 5.75 Å². The van der Waals surface area contributed by atoms with Gasteiger partial charge in [-0.3, -0.25) is 0 Å². The molecule has 4 nitrogen and oxygen atoms in total. The van der Waals surface area contributed by atoms with Gasteiger partial charge >= 0.3 is 0 Å². The largest absolute Gasteiger partial charge is 0.497 e. The molecule has 4 heteroatoms. The molecule has 0 amide bonds. The molecule has 2 aromatic rings. The summed E-state index contributed by atoms with van der Waals surface area (Å²) in [7, 11) is 1.66. The summed E-state index contributed by atoms with van der Waals surface area (Å²) in [5.41, 5.74) is 14.8. The average Bonchev–Trinajstić information content (AvgIpc) is 2.56. The second-order valence-corrected chi connectivity index (χ2v) is 5.11. The first-order valence-electron chi connectivity index (χ1n) is 7.32. The van der Waals surface area contributed by atoms with Gasteiger partial charge in [0.05, 0.1) is 7.11 Å². The Morgan fingerprint density at radius 2 is 1.82 bits per heavy atom. The van der Waals surface area contributed by atoms with Gasteiger partial charge in [-0.25, -0.2) is 0 Å². The van der Waals surface area contributed by atoms with E-state index in [4.69, 9.17) is 16.2 Å². The van der Waals surface area contributed by atoms with Gasteiger partial charge in [0, 0.05) is 30.4 Å². The molecule has 0 saturated heterocycles. The normalized spacial score (nSPS) is 12.8. The molecule has 0 saturated carbocycles. The van der Waals surface area contributed by atoms with Crippen LogP contribution in [-0.2, 0) is 6.42 Å². The molecule has 2 rings (SSSR count). The Hall–Kier alpha value is -2.30. The Kier molecular flexibility index (Phi) is 6.01. The molecule has 2 aromatic carbocycles. The van der Waals surface area contributed by atoms with E-state index >= 15 is 0 Å². The minimum atomic E-state index is -0.163. The maximum absolute atomic E-state index is 5.97. The fourth-order valence-corrected chi connectivity index (χ4v) is 2.15. The summed E-state index contributed by atoms with van der Waals surface area (Å²) in [6.07, 6.45) is 2.76. The zero-order valence-corrected chi connectivity index (χ0v) is 12.8. The molecule has 1 unspecified atom stereocenters. The predicted octanol–water partition coefficient (Wildman–Crippen LogP) is 2.52. The molecule has 1 atom stereocenters. The quantitative estimate of drug-likeness (QED) is 0.734. The first kappa shape index (κ1) is 16.1. The summed E-state index contributed by atoms with van der Waals surface area (Å²) < 4.78 is 5.17. The van der Waals surface area contributed by atoms with E-state index in [-0.39, 0.29) is 6.04 Å². The van der Waals surface area contributed by atoms with Crippen molar-refractivity contribution in [2.24, 2.45) is 11.5 Å². The van der Waals surface area contributed by atoms with Crippen molar-refractivity contribution in [3.05, 3.63) is 71.9 Å². The maximum Gasteiger partial charge on any atom is 0.119 e. The highest BCUT2D eigenvalue weighted by Crippen LogP contribution is 2.18. The van der Waals surface area contributed by atoms with Crippen LogP contribution in [0, 0.1) is 0 Å². The van der Waals surface area contributed by atoms with Crippen molar-refractivity contribution in [1.82, 2.24) is 0 Å². The topological polar surface area (TPSA) is 73.3 Å². The lowest BCUT2D eigenvalue weighted by Crippen LogP contribution is -2.28. The molecular formula is C18H23N3O. The summed E-state index contributed by atoms with van der Waals surface area (Å²) in [5.74, 6) is 0.831. The van der Waals surface area contributed by atoms with Crippen LogP contribution in [0.3, 0.4) is 0 Å². The number of ether oxygens (including phenoxy) is 1. The van der Waals surface area contributed by atoms with Crippen LogP contribution >= 0.6 is 0 Å². The van der Waals surface area contributed by atoms with Crippen LogP contribution in [0.2, 0.25) is 0 Å². The Labute approximate surface area is 131 Å². The SMILES string of the molecule is COc1ccc(N/C(=C\C(N)CN)Cc2ccccc2)cc1. The number of nitrogens with two attached hydrogens (primary N) is 2. The summed E-state index contributed by atoms with van der Waals surface area (Å²) in [4.78, 5) is 0. The summed E-state index contributed by atoms with van der Waals surface area (Å²) in [5, 5.41) is 3.41. The molecule has 0 heterocycles. The molecule has 0 aliphatic carbocycles. The Morgan fingerprint density at radius 1 is 1.14 bits per heavy atom. The zero-order chi connectivity index (χ0) is 15.8. The van der Waals surface area contributed by atoms with Crippen molar-refractivity contribution >= 4 is 5.69 Å². The van der Waals surface area contributed by atoms with Crippen LogP contribution in [-0.4, -0.2) is 19.7 Å². The third-order valence-corrected chi connectivity index (χ3v) is 3.32.